The van der Waals surface area contributed by atoms with Gasteiger partial charge >= 0.3 is 0 Å². The monoisotopic (exact) mass is 371 g/mol. The molecule has 26 heavy (non-hydrogen) atoms. The molecule has 3 rings (SSSR count). The van der Waals surface area contributed by atoms with Gasteiger partial charge in [0, 0.05) is 37.2 Å². The number of para-hydroxylation sites is 1. The Bertz CT molecular complexity index is 873. The number of carbonyl (C=O) groups is 2. The topological polar surface area (TPSA) is 83.2 Å². The van der Waals surface area contributed by atoms with Crippen LogP contribution in [0.5, 0.6) is 0 Å². The number of thiophene rings is 1. The molecule has 0 saturated carbocycles. The molecule has 0 spiro atoms. The number of rotatable bonds is 8. The number of amides is 2. The van der Waals surface area contributed by atoms with Crippen molar-refractivity contribution in [3.05, 3.63) is 58.4 Å². The Labute approximate surface area is 155 Å². The first-order chi connectivity index (χ1) is 12.7. The molecule has 0 aliphatic carbocycles. The van der Waals surface area contributed by atoms with Crippen LogP contribution in [0, 0.1) is 0 Å². The van der Waals surface area contributed by atoms with Crippen molar-refractivity contribution in [3.8, 4) is 0 Å². The predicted octanol–water partition coefficient (Wildman–Crippen LogP) is 2.33. The molecule has 7 heteroatoms. The van der Waals surface area contributed by atoms with Gasteiger partial charge in [-0.2, -0.15) is 0 Å². The van der Waals surface area contributed by atoms with Gasteiger partial charge in [-0.05, 0) is 23.1 Å². The normalized spacial score (nSPS) is 12.0. The number of hydrogen-bond acceptors (Lipinski definition) is 4. The summed E-state index contributed by atoms with van der Waals surface area (Å²) in [4.78, 5) is 28.8. The van der Waals surface area contributed by atoms with E-state index in [1.807, 2.05) is 41.9 Å². The maximum atomic E-state index is 12.6. The van der Waals surface area contributed by atoms with Crippen molar-refractivity contribution in [2.24, 2.45) is 0 Å². The number of aromatic amines is 1. The van der Waals surface area contributed by atoms with Gasteiger partial charge in [-0.1, -0.05) is 24.3 Å². The molecule has 2 heterocycles. The van der Waals surface area contributed by atoms with Crippen LogP contribution >= 0.6 is 11.3 Å². The molecule has 1 atom stereocenters. The minimum atomic E-state index is -0.666. The Morgan fingerprint density at radius 3 is 2.85 bits per heavy atom. The summed E-state index contributed by atoms with van der Waals surface area (Å²) < 4.78 is 4.97. The fourth-order valence-corrected chi connectivity index (χ4v) is 3.39. The number of H-pyrrole nitrogens is 1. The summed E-state index contributed by atoms with van der Waals surface area (Å²) in [6, 6.07) is 10.8. The summed E-state index contributed by atoms with van der Waals surface area (Å²) in [6.07, 6.45) is 2.29. The highest BCUT2D eigenvalue weighted by Gasteiger charge is 2.23. The van der Waals surface area contributed by atoms with Gasteiger partial charge in [-0.25, -0.2) is 0 Å². The van der Waals surface area contributed by atoms with Crippen LogP contribution in [0.3, 0.4) is 0 Å². The van der Waals surface area contributed by atoms with Crippen LogP contribution in [0.1, 0.15) is 15.2 Å². The van der Waals surface area contributed by atoms with Crippen LogP contribution in [0.15, 0.2) is 48.0 Å². The smallest absolute Gasteiger partial charge is 0.262 e. The maximum absolute atomic E-state index is 12.6. The fraction of sp³-hybridized carbons (Fsp3) is 0.263. The molecule has 6 nitrogen and oxygen atoms in total. The van der Waals surface area contributed by atoms with Crippen LogP contribution < -0.4 is 10.6 Å². The zero-order valence-corrected chi connectivity index (χ0v) is 15.3. The van der Waals surface area contributed by atoms with Crippen LogP contribution in [-0.4, -0.2) is 43.1 Å². The highest BCUT2D eigenvalue weighted by atomic mass is 32.1. The average molecular weight is 371 g/mol. The number of ether oxygens (including phenoxy) is 1. The van der Waals surface area contributed by atoms with Gasteiger partial charge in [0.15, 0.2) is 0 Å². The molecule has 0 saturated heterocycles. The standard InChI is InChI=1S/C19H21N3O3S/c1-25-9-8-20-18(23)16(22-19(24)17-7-4-10-26-17)11-13-12-21-15-6-3-2-5-14(13)15/h2-7,10,12,16,21H,8-9,11H2,1H3,(H,20,23)(H,22,24)/t16-/m0/s1. The Morgan fingerprint density at radius 1 is 1.23 bits per heavy atom. The molecule has 3 N–H and O–H groups in total. The van der Waals surface area contributed by atoms with E-state index in [-0.39, 0.29) is 11.8 Å². The van der Waals surface area contributed by atoms with E-state index in [1.54, 1.807) is 13.2 Å². The molecule has 0 aliphatic heterocycles. The van der Waals surface area contributed by atoms with Crippen LogP contribution in [-0.2, 0) is 16.0 Å². The zero-order valence-electron chi connectivity index (χ0n) is 14.5. The van der Waals surface area contributed by atoms with Crippen LogP contribution in [0.4, 0.5) is 0 Å². The van der Waals surface area contributed by atoms with Crippen molar-refractivity contribution < 1.29 is 14.3 Å². The summed E-state index contributed by atoms with van der Waals surface area (Å²) in [5.41, 5.74) is 1.99. The van der Waals surface area contributed by atoms with Gasteiger partial charge in [0.1, 0.15) is 6.04 Å². The Kier molecular flexibility index (Phi) is 6.04. The van der Waals surface area contributed by atoms with Crippen LogP contribution in [0.2, 0.25) is 0 Å². The van der Waals surface area contributed by atoms with E-state index in [0.29, 0.717) is 24.4 Å². The van der Waals surface area contributed by atoms with Gasteiger partial charge in [0.25, 0.3) is 5.91 Å². The summed E-state index contributed by atoms with van der Waals surface area (Å²) in [5.74, 6) is -0.469. The second-order valence-electron chi connectivity index (χ2n) is 5.85. The van der Waals surface area contributed by atoms with Gasteiger partial charge in [-0.3, -0.25) is 9.59 Å². The summed E-state index contributed by atoms with van der Waals surface area (Å²) >= 11 is 1.35. The minimum absolute atomic E-state index is 0.225. The largest absolute Gasteiger partial charge is 0.383 e. The average Bonchev–Trinajstić information content (AvgIpc) is 3.31. The molecule has 3 aromatic rings. The molecule has 0 fully saturated rings. The predicted molar refractivity (Wildman–Crippen MR) is 102 cm³/mol. The molecule has 0 bridgehead atoms. The van der Waals surface area contributed by atoms with Gasteiger partial charge in [0.05, 0.1) is 11.5 Å². The van der Waals surface area contributed by atoms with E-state index in [9.17, 15) is 9.59 Å². The first-order valence-electron chi connectivity index (χ1n) is 8.35. The van der Waals surface area contributed by atoms with Crippen LogP contribution in [0.25, 0.3) is 10.9 Å². The molecule has 2 aromatic heterocycles. The molecule has 0 aliphatic rings. The third-order valence-electron chi connectivity index (χ3n) is 4.07. The second-order valence-corrected chi connectivity index (χ2v) is 6.80. The number of carbonyl (C=O) groups excluding carboxylic acids is 2. The fourth-order valence-electron chi connectivity index (χ4n) is 2.77. The molecular formula is C19H21N3O3S. The zero-order chi connectivity index (χ0) is 18.4. The lowest BCUT2D eigenvalue weighted by molar-refractivity contribution is -0.123. The summed E-state index contributed by atoms with van der Waals surface area (Å²) in [6.45, 7) is 0.818. The lowest BCUT2D eigenvalue weighted by atomic mass is 10.0. The first-order valence-corrected chi connectivity index (χ1v) is 9.23. The van der Waals surface area contributed by atoms with Crippen molar-refractivity contribution in [1.82, 2.24) is 15.6 Å². The van der Waals surface area contributed by atoms with E-state index in [4.69, 9.17) is 4.74 Å². The van der Waals surface area contributed by atoms with E-state index >= 15 is 0 Å². The maximum Gasteiger partial charge on any atom is 0.262 e. The van der Waals surface area contributed by atoms with Crippen molar-refractivity contribution in [2.75, 3.05) is 20.3 Å². The third kappa shape index (κ3) is 4.30. The quantitative estimate of drug-likeness (QED) is 0.532. The van der Waals surface area contributed by atoms with Crippen molar-refractivity contribution in [3.63, 3.8) is 0 Å². The lowest BCUT2D eigenvalue weighted by Gasteiger charge is -2.18. The van der Waals surface area contributed by atoms with Crippen molar-refractivity contribution in [2.45, 2.75) is 12.5 Å². The Morgan fingerprint density at radius 2 is 2.08 bits per heavy atom. The molecular weight excluding hydrogens is 350 g/mol. The van der Waals surface area contributed by atoms with E-state index < -0.39 is 6.04 Å². The van der Waals surface area contributed by atoms with Crippen molar-refractivity contribution in [1.29, 1.82) is 0 Å². The third-order valence-corrected chi connectivity index (χ3v) is 4.94. The highest BCUT2D eigenvalue weighted by molar-refractivity contribution is 7.12. The van der Waals surface area contributed by atoms with E-state index in [1.165, 1.54) is 11.3 Å². The Balaban J connectivity index is 1.77. The number of methoxy groups -OCH3 is 1. The molecule has 136 valence electrons. The van der Waals surface area contributed by atoms with E-state index in [2.05, 4.69) is 15.6 Å². The number of fused-ring (bicyclic) bond motifs is 1. The van der Waals surface area contributed by atoms with Crippen molar-refractivity contribution >= 4 is 34.1 Å². The van der Waals surface area contributed by atoms with E-state index in [0.717, 1.165) is 16.5 Å². The van der Waals surface area contributed by atoms with Gasteiger partial charge in [0.2, 0.25) is 5.91 Å². The SMILES string of the molecule is COCCNC(=O)[C@H](Cc1c[nH]c2ccccc12)NC(=O)c1cccs1. The lowest BCUT2D eigenvalue weighted by Crippen LogP contribution is -2.48. The summed E-state index contributed by atoms with van der Waals surface area (Å²) in [7, 11) is 1.58. The second kappa shape index (κ2) is 8.64. The number of aromatic nitrogens is 1. The number of hydrogen-bond donors (Lipinski definition) is 3. The molecule has 0 radical (unpaired) electrons. The molecule has 0 unspecified atom stereocenters. The Hall–Kier alpha value is -2.64. The van der Waals surface area contributed by atoms with Gasteiger partial charge in [-0.15, -0.1) is 11.3 Å². The highest BCUT2D eigenvalue weighted by Crippen LogP contribution is 2.19. The van der Waals surface area contributed by atoms with Gasteiger partial charge < -0.3 is 20.4 Å². The minimum Gasteiger partial charge on any atom is -0.383 e. The molecule has 2 amide bonds. The summed E-state index contributed by atoms with van der Waals surface area (Å²) in [5, 5.41) is 8.55. The first kappa shape index (κ1) is 18.2. The number of benzene rings is 1. The molecule has 1 aromatic carbocycles. The number of nitrogens with one attached hydrogen (secondary N) is 3.